The maximum atomic E-state index is 13.6. The van der Waals surface area contributed by atoms with Crippen molar-refractivity contribution >= 4 is 29.0 Å². The van der Waals surface area contributed by atoms with Crippen LogP contribution in [-0.4, -0.2) is 41.6 Å². The number of fused-ring (bicyclic) bond motifs is 1. The molecule has 142 valence electrons. The third-order valence-corrected chi connectivity index (χ3v) is 6.04. The number of carbonyl (C=O) groups is 1. The lowest BCUT2D eigenvalue weighted by Gasteiger charge is -2.44. The highest BCUT2D eigenvalue weighted by molar-refractivity contribution is 6.34. The van der Waals surface area contributed by atoms with Crippen molar-refractivity contribution < 1.29 is 4.79 Å². The molecule has 0 saturated carbocycles. The number of para-hydroxylation sites is 1. The second kappa shape index (κ2) is 7.49. The Bertz CT molecular complexity index is 828. The largest absolute Gasteiger partial charge is 0.329 e. The molecule has 0 unspecified atom stereocenters. The van der Waals surface area contributed by atoms with Gasteiger partial charge in [-0.2, -0.15) is 0 Å². The third-order valence-electron chi connectivity index (χ3n) is 5.73. The number of aryl methyl sites for hydroxylation is 1. The van der Waals surface area contributed by atoms with Gasteiger partial charge in [-0.1, -0.05) is 30.7 Å². The fourth-order valence-electron chi connectivity index (χ4n) is 4.23. The zero-order chi connectivity index (χ0) is 19.0. The molecule has 0 spiro atoms. The molecule has 0 N–H and O–H groups in total. The summed E-state index contributed by atoms with van der Waals surface area (Å²) in [5.41, 5.74) is 3.86. The smallest absolute Gasteiger partial charge is 0.303 e. The van der Waals surface area contributed by atoms with Crippen molar-refractivity contribution in [2.75, 3.05) is 29.4 Å². The van der Waals surface area contributed by atoms with Crippen molar-refractivity contribution in [2.24, 2.45) is 0 Å². The highest BCUT2D eigenvalue weighted by Crippen LogP contribution is 2.38. The van der Waals surface area contributed by atoms with Crippen molar-refractivity contribution in [3.63, 3.8) is 0 Å². The van der Waals surface area contributed by atoms with Gasteiger partial charge in [0.2, 0.25) is 0 Å². The summed E-state index contributed by atoms with van der Waals surface area (Å²) in [6.07, 6.45) is 5.61. The van der Waals surface area contributed by atoms with Crippen LogP contribution in [0.25, 0.3) is 0 Å². The molecule has 0 aliphatic carbocycles. The molecule has 1 fully saturated rings. The van der Waals surface area contributed by atoms with Crippen molar-refractivity contribution in [1.82, 2.24) is 9.88 Å². The van der Waals surface area contributed by atoms with E-state index >= 15 is 0 Å². The number of piperidine rings is 1. The predicted octanol–water partition coefficient (Wildman–Crippen LogP) is 4.47. The van der Waals surface area contributed by atoms with Gasteiger partial charge in [0, 0.05) is 37.1 Å². The van der Waals surface area contributed by atoms with Gasteiger partial charge in [-0.25, -0.2) is 4.79 Å². The first-order valence-corrected chi connectivity index (χ1v) is 9.99. The van der Waals surface area contributed by atoms with Gasteiger partial charge < -0.3 is 4.90 Å². The maximum Gasteiger partial charge on any atom is 0.329 e. The summed E-state index contributed by atoms with van der Waals surface area (Å²) in [5, 5.41) is 0.608. The lowest BCUT2D eigenvalue weighted by Crippen LogP contribution is -2.55. The first kappa shape index (κ1) is 18.3. The molecule has 2 aliphatic rings. The molecule has 2 aliphatic heterocycles. The van der Waals surface area contributed by atoms with Gasteiger partial charge in [-0.05, 0) is 44.0 Å². The zero-order valence-electron chi connectivity index (χ0n) is 15.9. The number of amides is 2. The fourth-order valence-corrected chi connectivity index (χ4v) is 4.56. The molecule has 6 heteroatoms. The Labute approximate surface area is 165 Å². The molecule has 1 aromatic carbocycles. The van der Waals surface area contributed by atoms with Crippen LogP contribution in [0.3, 0.4) is 0 Å². The lowest BCUT2D eigenvalue weighted by atomic mass is 10.00. The quantitative estimate of drug-likeness (QED) is 0.783. The number of hydrogen-bond acceptors (Lipinski definition) is 3. The standard InChI is InChI=1S/C21H25ClN4O/c1-3-24-11-8-17(9-12-24)26-19-7-10-23-13-16(19)14-25(21(26)27)20-15(2)5-4-6-18(20)22/h4-7,10,13,17H,3,8-9,11-12,14H2,1-2H3. The van der Waals surface area contributed by atoms with E-state index in [1.54, 1.807) is 6.20 Å². The molecule has 0 atom stereocenters. The fraction of sp³-hybridized carbons (Fsp3) is 0.429. The lowest BCUT2D eigenvalue weighted by molar-refractivity contribution is 0.211. The average Bonchev–Trinajstić information content (AvgIpc) is 2.68. The van der Waals surface area contributed by atoms with Crippen LogP contribution in [0.2, 0.25) is 5.02 Å². The summed E-state index contributed by atoms with van der Waals surface area (Å²) in [7, 11) is 0. The van der Waals surface area contributed by atoms with E-state index in [1.165, 1.54) is 0 Å². The number of rotatable bonds is 3. The van der Waals surface area contributed by atoms with Crippen LogP contribution in [0.4, 0.5) is 16.2 Å². The molecular formula is C21H25ClN4O. The number of nitrogens with zero attached hydrogens (tertiary/aromatic N) is 4. The molecule has 1 aromatic heterocycles. The first-order chi connectivity index (χ1) is 13.1. The summed E-state index contributed by atoms with van der Waals surface area (Å²) in [6.45, 7) is 7.79. The SMILES string of the molecule is CCN1CCC(N2C(=O)N(c3c(C)cccc3Cl)Cc3cnccc32)CC1. The number of pyridine rings is 1. The summed E-state index contributed by atoms with van der Waals surface area (Å²) in [5.74, 6) is 0. The Morgan fingerprint density at radius 2 is 2.00 bits per heavy atom. The number of benzene rings is 1. The van der Waals surface area contributed by atoms with Gasteiger partial charge in [0.15, 0.2) is 0 Å². The third kappa shape index (κ3) is 3.30. The minimum atomic E-state index is 0.0137. The Morgan fingerprint density at radius 3 is 2.70 bits per heavy atom. The predicted molar refractivity (Wildman–Crippen MR) is 110 cm³/mol. The molecule has 3 heterocycles. The second-order valence-corrected chi connectivity index (χ2v) is 7.72. The molecule has 5 nitrogen and oxygen atoms in total. The van der Waals surface area contributed by atoms with E-state index in [1.807, 2.05) is 47.2 Å². The number of carbonyl (C=O) groups excluding carboxylic acids is 1. The summed E-state index contributed by atoms with van der Waals surface area (Å²) in [4.78, 5) is 24.1. The Hall–Kier alpha value is -2.11. The number of anilines is 2. The van der Waals surface area contributed by atoms with Crippen LogP contribution in [0.5, 0.6) is 0 Å². The van der Waals surface area contributed by atoms with E-state index in [0.29, 0.717) is 11.6 Å². The summed E-state index contributed by atoms with van der Waals surface area (Å²) < 4.78 is 0. The van der Waals surface area contributed by atoms with Gasteiger partial charge in [-0.3, -0.25) is 14.8 Å². The molecule has 0 radical (unpaired) electrons. The minimum Gasteiger partial charge on any atom is -0.303 e. The molecule has 2 amide bonds. The van der Waals surface area contributed by atoms with Crippen molar-refractivity contribution in [2.45, 2.75) is 39.3 Å². The van der Waals surface area contributed by atoms with Crippen LogP contribution in [0, 0.1) is 6.92 Å². The van der Waals surface area contributed by atoms with Crippen LogP contribution in [-0.2, 0) is 6.54 Å². The molecular weight excluding hydrogens is 360 g/mol. The number of halogens is 1. The molecule has 27 heavy (non-hydrogen) atoms. The maximum absolute atomic E-state index is 13.6. The number of aromatic nitrogens is 1. The van der Waals surface area contributed by atoms with Crippen molar-refractivity contribution in [1.29, 1.82) is 0 Å². The van der Waals surface area contributed by atoms with Crippen LogP contribution >= 0.6 is 11.6 Å². The average molecular weight is 385 g/mol. The van der Waals surface area contributed by atoms with E-state index in [-0.39, 0.29) is 12.1 Å². The molecule has 1 saturated heterocycles. The second-order valence-electron chi connectivity index (χ2n) is 7.31. The van der Waals surface area contributed by atoms with Gasteiger partial charge in [0.05, 0.1) is 22.9 Å². The van der Waals surface area contributed by atoms with Gasteiger partial charge in [0.25, 0.3) is 0 Å². The highest BCUT2D eigenvalue weighted by atomic mass is 35.5. The van der Waals surface area contributed by atoms with Crippen LogP contribution in [0.1, 0.15) is 30.9 Å². The Morgan fingerprint density at radius 1 is 1.22 bits per heavy atom. The van der Waals surface area contributed by atoms with Crippen LogP contribution in [0.15, 0.2) is 36.7 Å². The molecule has 2 aromatic rings. The van der Waals surface area contributed by atoms with Crippen LogP contribution < -0.4 is 9.80 Å². The van der Waals surface area contributed by atoms with E-state index in [9.17, 15) is 4.79 Å². The van der Waals surface area contributed by atoms with E-state index in [2.05, 4.69) is 16.8 Å². The van der Waals surface area contributed by atoms with Crippen molar-refractivity contribution in [3.8, 4) is 0 Å². The monoisotopic (exact) mass is 384 g/mol. The zero-order valence-corrected chi connectivity index (χ0v) is 16.6. The number of urea groups is 1. The summed E-state index contributed by atoms with van der Waals surface area (Å²) >= 11 is 6.49. The van der Waals surface area contributed by atoms with E-state index in [4.69, 9.17) is 11.6 Å². The number of hydrogen-bond donors (Lipinski definition) is 0. The van der Waals surface area contributed by atoms with E-state index < -0.39 is 0 Å². The van der Waals surface area contributed by atoms with Gasteiger partial charge >= 0.3 is 6.03 Å². The van der Waals surface area contributed by atoms with Gasteiger partial charge in [0.1, 0.15) is 0 Å². The minimum absolute atomic E-state index is 0.0137. The van der Waals surface area contributed by atoms with Crippen molar-refractivity contribution in [3.05, 3.63) is 52.8 Å². The topological polar surface area (TPSA) is 39.7 Å². The Kier molecular flexibility index (Phi) is 5.06. The van der Waals surface area contributed by atoms with Gasteiger partial charge in [-0.15, -0.1) is 0 Å². The molecule has 0 bridgehead atoms. The highest BCUT2D eigenvalue weighted by Gasteiger charge is 2.38. The first-order valence-electron chi connectivity index (χ1n) is 9.61. The number of likely N-dealkylation sites (tertiary alicyclic amines) is 1. The molecule has 4 rings (SSSR count). The summed E-state index contributed by atoms with van der Waals surface area (Å²) in [6, 6.07) is 7.95. The normalized spacial score (nSPS) is 18.7. The Balaban J connectivity index is 1.73. The van der Waals surface area contributed by atoms with E-state index in [0.717, 1.165) is 55.0 Å².